The zero-order valence-corrected chi connectivity index (χ0v) is 15.8. The Morgan fingerprint density at radius 3 is 2.50 bits per heavy atom. The summed E-state index contributed by atoms with van der Waals surface area (Å²) in [6.07, 6.45) is 2.06. The van der Waals surface area contributed by atoms with Crippen LogP contribution in [0.4, 0.5) is 11.4 Å². The second-order valence-electron chi connectivity index (χ2n) is 6.62. The Morgan fingerprint density at radius 2 is 1.71 bits per heavy atom. The second kappa shape index (κ2) is 8.19. The van der Waals surface area contributed by atoms with Gasteiger partial charge in [0.2, 0.25) is 0 Å². The lowest BCUT2D eigenvalue weighted by Crippen LogP contribution is -2.22. The number of aliphatic hydroxyl groups excluding tert-OH is 1. The lowest BCUT2D eigenvalue weighted by Gasteiger charge is -2.31. The molecule has 4 rings (SSSR count). The maximum Gasteiger partial charge on any atom is 0.162 e. The van der Waals surface area contributed by atoms with Crippen molar-refractivity contribution in [1.82, 2.24) is 0 Å². The molecule has 3 aromatic rings. The molecule has 0 bridgehead atoms. The minimum atomic E-state index is 0.0421. The number of para-hydroxylation sites is 1. The van der Waals surface area contributed by atoms with Gasteiger partial charge in [0.15, 0.2) is 11.5 Å². The van der Waals surface area contributed by atoms with Gasteiger partial charge in [0.25, 0.3) is 0 Å². The summed E-state index contributed by atoms with van der Waals surface area (Å²) in [6, 6.07) is 24.2. The molecule has 0 saturated heterocycles. The largest absolute Gasteiger partial charge is 0.493 e. The first-order valence-electron chi connectivity index (χ1n) is 9.31. The van der Waals surface area contributed by atoms with Crippen molar-refractivity contribution in [3.63, 3.8) is 0 Å². The number of fused-ring (bicyclic) bond motifs is 1. The van der Waals surface area contributed by atoms with E-state index in [-0.39, 0.29) is 6.61 Å². The lowest BCUT2D eigenvalue weighted by molar-refractivity contribution is 0.284. The molecule has 1 aliphatic rings. The molecule has 1 heterocycles. The molecule has 3 aromatic carbocycles. The first-order chi connectivity index (χ1) is 13.8. The first kappa shape index (κ1) is 18.1. The molecule has 0 radical (unpaired) electrons. The van der Waals surface area contributed by atoms with Crippen molar-refractivity contribution in [3.8, 4) is 11.5 Å². The van der Waals surface area contributed by atoms with Crippen LogP contribution in [0, 0.1) is 0 Å². The molecule has 0 fully saturated rings. The van der Waals surface area contributed by atoms with Crippen molar-refractivity contribution in [3.05, 3.63) is 90.0 Å². The number of methoxy groups -OCH3 is 1. The summed E-state index contributed by atoms with van der Waals surface area (Å²) in [6.45, 7) is 1.23. The molecular weight excluding hydrogens is 350 g/mol. The monoisotopic (exact) mass is 373 g/mol. The summed E-state index contributed by atoms with van der Waals surface area (Å²) in [5.74, 6) is 1.41. The van der Waals surface area contributed by atoms with Gasteiger partial charge in [-0.1, -0.05) is 54.6 Å². The molecule has 0 amide bonds. The van der Waals surface area contributed by atoms with E-state index in [1.165, 1.54) is 0 Å². The van der Waals surface area contributed by atoms with Crippen molar-refractivity contribution < 1.29 is 14.6 Å². The third-order valence-corrected chi connectivity index (χ3v) is 4.93. The van der Waals surface area contributed by atoms with Crippen LogP contribution >= 0.6 is 0 Å². The van der Waals surface area contributed by atoms with Gasteiger partial charge in [0.05, 0.1) is 13.7 Å². The van der Waals surface area contributed by atoms with Gasteiger partial charge >= 0.3 is 0 Å². The molecule has 4 heteroatoms. The molecule has 0 spiro atoms. The van der Waals surface area contributed by atoms with Gasteiger partial charge in [0, 0.05) is 29.5 Å². The fourth-order valence-electron chi connectivity index (χ4n) is 3.46. The Bertz CT molecular complexity index is 982. The fraction of sp³-hybridized carbons (Fsp3) is 0.167. The van der Waals surface area contributed by atoms with Gasteiger partial charge in [0.1, 0.15) is 6.61 Å². The quantitative estimate of drug-likeness (QED) is 0.674. The van der Waals surface area contributed by atoms with Crippen molar-refractivity contribution >= 4 is 16.9 Å². The zero-order valence-electron chi connectivity index (χ0n) is 15.8. The average molecular weight is 373 g/mol. The van der Waals surface area contributed by atoms with Crippen molar-refractivity contribution in [1.29, 1.82) is 0 Å². The highest BCUT2D eigenvalue weighted by Crippen LogP contribution is 2.39. The molecule has 0 unspecified atom stereocenters. The van der Waals surface area contributed by atoms with Crippen LogP contribution < -0.4 is 14.4 Å². The van der Waals surface area contributed by atoms with Crippen LogP contribution in [-0.4, -0.2) is 25.4 Å². The Morgan fingerprint density at radius 1 is 0.929 bits per heavy atom. The molecule has 1 N–H and O–H groups in total. The maximum atomic E-state index is 9.64. The molecule has 0 aromatic heterocycles. The number of aliphatic hydroxyl groups is 1. The van der Waals surface area contributed by atoms with Gasteiger partial charge in [-0.25, -0.2) is 0 Å². The summed E-state index contributed by atoms with van der Waals surface area (Å²) in [7, 11) is 1.66. The van der Waals surface area contributed by atoms with Gasteiger partial charge in [-0.2, -0.15) is 0 Å². The lowest BCUT2D eigenvalue weighted by atomic mass is 9.99. The number of ether oxygens (including phenoxy) is 2. The van der Waals surface area contributed by atoms with Gasteiger partial charge in [-0.3, -0.25) is 0 Å². The SMILES string of the molecule is COc1cc(N2CC=C(CO)c3ccccc32)ccc1OCc1ccccc1. The van der Waals surface area contributed by atoms with Crippen LogP contribution in [-0.2, 0) is 6.61 Å². The van der Waals surface area contributed by atoms with E-state index in [2.05, 4.69) is 17.0 Å². The van der Waals surface area contributed by atoms with Gasteiger partial charge in [-0.15, -0.1) is 0 Å². The topological polar surface area (TPSA) is 41.9 Å². The summed E-state index contributed by atoms with van der Waals surface area (Å²) >= 11 is 0. The van der Waals surface area contributed by atoms with Crippen LogP contribution in [0.15, 0.2) is 78.9 Å². The molecule has 0 saturated carbocycles. The van der Waals surface area contributed by atoms with E-state index in [0.717, 1.165) is 28.1 Å². The third kappa shape index (κ3) is 3.59. The smallest absolute Gasteiger partial charge is 0.162 e. The molecule has 28 heavy (non-hydrogen) atoms. The van der Waals surface area contributed by atoms with E-state index in [1.807, 2.05) is 66.7 Å². The van der Waals surface area contributed by atoms with E-state index in [0.29, 0.717) is 24.7 Å². The molecule has 1 aliphatic heterocycles. The minimum Gasteiger partial charge on any atom is -0.493 e. The van der Waals surface area contributed by atoms with Gasteiger partial charge < -0.3 is 19.5 Å². The second-order valence-corrected chi connectivity index (χ2v) is 6.62. The number of hydrogen-bond donors (Lipinski definition) is 1. The van der Waals surface area contributed by atoms with Crippen LogP contribution in [0.1, 0.15) is 11.1 Å². The normalized spacial score (nSPS) is 12.9. The third-order valence-electron chi connectivity index (χ3n) is 4.93. The zero-order chi connectivity index (χ0) is 19.3. The molecular formula is C24H23NO3. The van der Waals surface area contributed by atoms with Crippen LogP contribution in [0.2, 0.25) is 0 Å². The highest BCUT2D eigenvalue weighted by molar-refractivity contribution is 5.84. The number of nitrogens with zero attached hydrogens (tertiary/aromatic N) is 1. The van der Waals surface area contributed by atoms with E-state index < -0.39 is 0 Å². The van der Waals surface area contributed by atoms with E-state index >= 15 is 0 Å². The fourth-order valence-corrected chi connectivity index (χ4v) is 3.46. The van der Waals surface area contributed by atoms with E-state index in [4.69, 9.17) is 9.47 Å². The molecule has 0 aliphatic carbocycles. The first-order valence-corrected chi connectivity index (χ1v) is 9.31. The standard InChI is InChI=1S/C24H23NO3/c1-27-24-15-20(11-12-23(24)28-17-18-7-3-2-4-8-18)25-14-13-19(16-26)21-9-5-6-10-22(21)25/h2-13,15,26H,14,16-17H2,1H3. The van der Waals surface area contributed by atoms with E-state index in [9.17, 15) is 5.11 Å². The summed E-state index contributed by atoms with van der Waals surface area (Å²) < 4.78 is 11.6. The Kier molecular flexibility index (Phi) is 5.31. The molecule has 0 atom stereocenters. The maximum absolute atomic E-state index is 9.64. The van der Waals surface area contributed by atoms with Crippen LogP contribution in [0.25, 0.3) is 5.57 Å². The predicted octanol–water partition coefficient (Wildman–Crippen LogP) is 4.80. The van der Waals surface area contributed by atoms with Crippen molar-refractivity contribution in [2.24, 2.45) is 0 Å². The molecule has 4 nitrogen and oxygen atoms in total. The summed E-state index contributed by atoms with van der Waals surface area (Å²) in [5.41, 5.74) is 5.22. The highest BCUT2D eigenvalue weighted by atomic mass is 16.5. The van der Waals surface area contributed by atoms with E-state index in [1.54, 1.807) is 7.11 Å². The summed E-state index contributed by atoms with van der Waals surface area (Å²) in [4.78, 5) is 2.21. The van der Waals surface area contributed by atoms with Crippen LogP contribution in [0.5, 0.6) is 11.5 Å². The Hall–Kier alpha value is -3.24. The summed E-state index contributed by atoms with van der Waals surface area (Å²) in [5, 5.41) is 9.64. The average Bonchev–Trinajstić information content (AvgIpc) is 2.77. The predicted molar refractivity (Wildman–Crippen MR) is 112 cm³/mol. The number of hydrogen-bond acceptors (Lipinski definition) is 4. The Labute approximate surface area is 165 Å². The number of anilines is 2. The van der Waals surface area contributed by atoms with Crippen LogP contribution in [0.3, 0.4) is 0 Å². The van der Waals surface area contributed by atoms with Crippen molar-refractivity contribution in [2.45, 2.75) is 6.61 Å². The number of rotatable bonds is 6. The number of benzene rings is 3. The minimum absolute atomic E-state index is 0.0421. The Balaban J connectivity index is 1.60. The highest BCUT2D eigenvalue weighted by Gasteiger charge is 2.20. The van der Waals surface area contributed by atoms with Gasteiger partial charge in [-0.05, 0) is 29.3 Å². The van der Waals surface area contributed by atoms with Crippen molar-refractivity contribution in [2.75, 3.05) is 25.2 Å². The molecule has 142 valence electrons.